The third-order valence-electron chi connectivity index (χ3n) is 6.16. The van der Waals surface area contributed by atoms with Crippen LogP contribution in [0.1, 0.15) is 66.3 Å². The van der Waals surface area contributed by atoms with E-state index in [9.17, 15) is 14.4 Å². The summed E-state index contributed by atoms with van der Waals surface area (Å²) >= 11 is 0. The number of aromatic nitrogens is 3. The first-order valence-electron chi connectivity index (χ1n) is 10.2. The highest BCUT2D eigenvalue weighted by Gasteiger charge is 2.43. The summed E-state index contributed by atoms with van der Waals surface area (Å²) in [7, 11) is 1.35. The van der Waals surface area contributed by atoms with Crippen molar-refractivity contribution < 1.29 is 19.1 Å². The predicted octanol–water partition coefficient (Wildman–Crippen LogP) is 1.62. The van der Waals surface area contributed by atoms with E-state index in [4.69, 9.17) is 10.5 Å². The van der Waals surface area contributed by atoms with Crippen LogP contribution in [0.25, 0.3) is 5.65 Å². The number of nitrogens with one attached hydrogen (secondary N) is 1. The van der Waals surface area contributed by atoms with E-state index in [0.29, 0.717) is 36.5 Å². The molecule has 0 atom stereocenters. The van der Waals surface area contributed by atoms with Crippen LogP contribution in [0.5, 0.6) is 0 Å². The molecule has 0 radical (unpaired) electrons. The minimum atomic E-state index is -0.941. The van der Waals surface area contributed by atoms with Gasteiger partial charge in [-0.05, 0) is 57.4 Å². The van der Waals surface area contributed by atoms with E-state index < -0.39 is 11.4 Å². The van der Waals surface area contributed by atoms with Crippen LogP contribution in [0.4, 0.5) is 0 Å². The second-order valence-corrected chi connectivity index (χ2v) is 8.22. The molecule has 1 aliphatic rings. The molecule has 0 aromatic carbocycles. The minimum absolute atomic E-state index is 0.201. The number of nitrogens with zero attached hydrogens (tertiary/aromatic N) is 3. The molecule has 30 heavy (non-hydrogen) atoms. The molecule has 0 bridgehead atoms. The summed E-state index contributed by atoms with van der Waals surface area (Å²) in [5.41, 5.74) is 7.50. The lowest BCUT2D eigenvalue weighted by molar-refractivity contribution is -0.153. The molecule has 2 aromatic heterocycles. The molecule has 0 saturated heterocycles. The summed E-state index contributed by atoms with van der Waals surface area (Å²) in [4.78, 5) is 41.2. The Balaban J connectivity index is 1.76. The molecule has 1 saturated carbocycles. The van der Waals surface area contributed by atoms with Crippen LogP contribution in [-0.4, -0.2) is 45.0 Å². The lowest BCUT2D eigenvalue weighted by Crippen LogP contribution is -2.56. The monoisotopic (exact) mass is 415 g/mol. The molecule has 2 aromatic rings. The number of fused-ring (bicyclic) bond motifs is 1. The fourth-order valence-corrected chi connectivity index (χ4v) is 4.24. The molecule has 1 fully saturated rings. The number of hydrogen-bond donors (Lipinski definition) is 2. The average molecular weight is 415 g/mol. The first-order chi connectivity index (χ1) is 14.2. The van der Waals surface area contributed by atoms with Gasteiger partial charge in [0.2, 0.25) is 5.91 Å². The predicted molar refractivity (Wildman–Crippen MR) is 110 cm³/mol. The Morgan fingerprint density at radius 1 is 1.30 bits per heavy atom. The molecule has 2 heterocycles. The van der Waals surface area contributed by atoms with E-state index in [1.165, 1.54) is 13.3 Å². The van der Waals surface area contributed by atoms with Crippen molar-refractivity contribution in [2.75, 3.05) is 7.11 Å². The van der Waals surface area contributed by atoms with Crippen LogP contribution in [0.2, 0.25) is 0 Å². The number of methoxy groups -OCH3 is 1. The van der Waals surface area contributed by atoms with E-state index in [1.54, 1.807) is 4.52 Å². The number of primary amides is 1. The Bertz CT molecular complexity index is 989. The fourth-order valence-electron chi connectivity index (χ4n) is 4.24. The first kappa shape index (κ1) is 21.7. The average Bonchev–Trinajstić information content (AvgIpc) is 3.13. The first-order valence-corrected chi connectivity index (χ1v) is 10.2. The van der Waals surface area contributed by atoms with Crippen LogP contribution in [0.3, 0.4) is 0 Å². The summed E-state index contributed by atoms with van der Waals surface area (Å²) in [5.74, 6) is -0.638. The summed E-state index contributed by atoms with van der Waals surface area (Å²) in [6.45, 7) is 5.85. The maximum atomic E-state index is 12.7. The summed E-state index contributed by atoms with van der Waals surface area (Å²) in [6, 6.07) is 0. The van der Waals surface area contributed by atoms with Crippen LogP contribution in [-0.2, 0) is 20.7 Å². The van der Waals surface area contributed by atoms with Gasteiger partial charge >= 0.3 is 5.97 Å². The van der Waals surface area contributed by atoms with Crippen molar-refractivity contribution in [2.24, 2.45) is 11.7 Å². The number of rotatable bonds is 6. The SMILES string of the molecule is COC(=O)C1(NC(=O)CCc2c(C)nc3c(C(N)=O)cnn3c2C)CCC(C)CC1. The summed E-state index contributed by atoms with van der Waals surface area (Å²) < 4.78 is 6.56. The molecule has 2 amide bonds. The number of nitrogens with two attached hydrogens (primary N) is 1. The van der Waals surface area contributed by atoms with Gasteiger partial charge < -0.3 is 15.8 Å². The normalized spacial score (nSPS) is 21.4. The second kappa shape index (κ2) is 8.41. The zero-order valence-electron chi connectivity index (χ0n) is 17.9. The quantitative estimate of drug-likeness (QED) is 0.690. The molecule has 3 rings (SSSR count). The van der Waals surface area contributed by atoms with Crippen molar-refractivity contribution in [3.8, 4) is 0 Å². The minimum Gasteiger partial charge on any atom is -0.467 e. The van der Waals surface area contributed by atoms with Gasteiger partial charge in [-0.25, -0.2) is 14.3 Å². The van der Waals surface area contributed by atoms with Gasteiger partial charge in [0.15, 0.2) is 5.65 Å². The zero-order chi connectivity index (χ0) is 22.1. The van der Waals surface area contributed by atoms with E-state index in [-0.39, 0.29) is 23.9 Å². The lowest BCUT2D eigenvalue weighted by Gasteiger charge is -2.37. The number of esters is 1. The van der Waals surface area contributed by atoms with Gasteiger partial charge in [0.05, 0.1) is 13.3 Å². The maximum absolute atomic E-state index is 12.7. The van der Waals surface area contributed by atoms with Crippen molar-refractivity contribution in [1.29, 1.82) is 0 Å². The Morgan fingerprint density at radius 2 is 1.97 bits per heavy atom. The fraction of sp³-hybridized carbons (Fsp3) is 0.571. The maximum Gasteiger partial charge on any atom is 0.331 e. The molecule has 0 unspecified atom stereocenters. The van der Waals surface area contributed by atoms with Crippen LogP contribution in [0, 0.1) is 19.8 Å². The Labute approximate surface area is 175 Å². The molecular formula is C21H29N5O4. The largest absolute Gasteiger partial charge is 0.467 e. The Hall–Kier alpha value is -2.97. The summed E-state index contributed by atoms with van der Waals surface area (Å²) in [5, 5.41) is 7.16. The third kappa shape index (κ3) is 4.01. The van der Waals surface area contributed by atoms with Crippen LogP contribution >= 0.6 is 0 Å². The molecule has 9 heteroatoms. The van der Waals surface area contributed by atoms with Gasteiger partial charge in [-0.1, -0.05) is 6.92 Å². The second-order valence-electron chi connectivity index (χ2n) is 8.22. The molecule has 9 nitrogen and oxygen atoms in total. The topological polar surface area (TPSA) is 129 Å². The Morgan fingerprint density at radius 3 is 2.57 bits per heavy atom. The Kier molecular flexibility index (Phi) is 6.09. The van der Waals surface area contributed by atoms with Gasteiger partial charge in [-0.3, -0.25) is 9.59 Å². The van der Waals surface area contributed by atoms with Gasteiger partial charge in [0.25, 0.3) is 5.91 Å². The molecular weight excluding hydrogens is 386 g/mol. The zero-order valence-corrected chi connectivity index (χ0v) is 17.9. The van der Waals surface area contributed by atoms with E-state index in [2.05, 4.69) is 22.3 Å². The molecule has 1 aliphatic carbocycles. The lowest BCUT2D eigenvalue weighted by atomic mass is 9.77. The third-order valence-corrected chi connectivity index (χ3v) is 6.16. The molecule has 3 N–H and O–H groups in total. The standard InChI is InChI=1S/C21H29N5O4/c1-12-7-9-21(10-8-12,20(29)30-4)25-17(27)6-5-15-13(2)24-19-16(18(22)28)11-23-26(19)14(15)3/h11-12H,5-10H2,1-4H3,(H2,22,28)(H,25,27). The summed E-state index contributed by atoms with van der Waals surface area (Å²) in [6.07, 6.45) is 4.95. The number of carbonyl (C=O) groups is 3. The number of carbonyl (C=O) groups excluding carboxylic acids is 3. The van der Waals surface area contributed by atoms with Gasteiger partial charge in [0.1, 0.15) is 11.1 Å². The number of amides is 2. The highest BCUT2D eigenvalue weighted by molar-refractivity contribution is 5.98. The van der Waals surface area contributed by atoms with Crippen molar-refractivity contribution in [3.63, 3.8) is 0 Å². The van der Waals surface area contributed by atoms with Gasteiger partial charge in [-0.15, -0.1) is 0 Å². The smallest absolute Gasteiger partial charge is 0.331 e. The van der Waals surface area contributed by atoms with E-state index >= 15 is 0 Å². The highest BCUT2D eigenvalue weighted by Crippen LogP contribution is 2.33. The van der Waals surface area contributed by atoms with E-state index in [1.807, 2.05) is 13.8 Å². The number of ether oxygens (including phenoxy) is 1. The van der Waals surface area contributed by atoms with Crippen molar-refractivity contribution >= 4 is 23.4 Å². The van der Waals surface area contributed by atoms with Crippen LogP contribution < -0.4 is 11.1 Å². The molecule has 0 spiro atoms. The van der Waals surface area contributed by atoms with Gasteiger partial charge in [0, 0.05) is 17.8 Å². The van der Waals surface area contributed by atoms with Crippen molar-refractivity contribution in [2.45, 2.75) is 64.8 Å². The van der Waals surface area contributed by atoms with Gasteiger partial charge in [-0.2, -0.15) is 5.10 Å². The molecule has 162 valence electrons. The highest BCUT2D eigenvalue weighted by atomic mass is 16.5. The van der Waals surface area contributed by atoms with Crippen LogP contribution in [0.15, 0.2) is 6.20 Å². The van der Waals surface area contributed by atoms with E-state index in [0.717, 1.165) is 24.1 Å². The number of hydrogen-bond acceptors (Lipinski definition) is 6. The molecule has 0 aliphatic heterocycles. The van der Waals surface area contributed by atoms with Crippen molar-refractivity contribution in [1.82, 2.24) is 19.9 Å². The number of aryl methyl sites for hydroxylation is 2. The van der Waals surface area contributed by atoms with Crippen molar-refractivity contribution in [3.05, 3.63) is 28.7 Å².